The van der Waals surface area contributed by atoms with E-state index in [9.17, 15) is 14.4 Å². The molecule has 2 aromatic carbocycles. The maximum absolute atomic E-state index is 13.9. The fraction of sp³-hybridized carbons (Fsp3) is 0.105. The Morgan fingerprint density at radius 2 is 2.04 bits per heavy atom. The molecule has 0 aliphatic carbocycles. The van der Waals surface area contributed by atoms with E-state index in [0.717, 1.165) is 4.47 Å². The highest BCUT2D eigenvalue weighted by Crippen LogP contribution is 2.27. The molecule has 0 radical (unpaired) electrons. The van der Waals surface area contributed by atoms with E-state index < -0.39 is 5.56 Å². The predicted octanol–water partition coefficient (Wildman–Crippen LogP) is 4.51. The minimum absolute atomic E-state index is 0.0712. The first kappa shape index (κ1) is 19.1. The van der Waals surface area contributed by atoms with Gasteiger partial charge in [0.15, 0.2) is 5.16 Å². The maximum Gasteiger partial charge on any atom is 0.270 e. The molecule has 5 nitrogen and oxygen atoms in total. The fourth-order valence-corrected chi connectivity index (χ4v) is 3.63. The van der Waals surface area contributed by atoms with Crippen LogP contribution in [0.3, 0.4) is 0 Å². The molecule has 1 N–H and O–H groups in total. The van der Waals surface area contributed by atoms with Crippen LogP contribution < -0.4 is 10.3 Å². The number of benzene rings is 2. The molecule has 0 spiro atoms. The summed E-state index contributed by atoms with van der Waals surface area (Å²) in [6.45, 7) is 0. The molecule has 8 heteroatoms. The zero-order valence-electron chi connectivity index (χ0n) is 14.1. The lowest BCUT2D eigenvalue weighted by Gasteiger charge is -2.08. The van der Waals surface area contributed by atoms with E-state index in [4.69, 9.17) is 4.74 Å². The Labute approximate surface area is 167 Å². The van der Waals surface area contributed by atoms with Crippen LogP contribution >= 0.6 is 27.7 Å². The average molecular weight is 446 g/mol. The Balaban J connectivity index is 1.95. The summed E-state index contributed by atoms with van der Waals surface area (Å²) in [6.07, 6.45) is 0. The minimum Gasteiger partial charge on any atom is -0.497 e. The van der Waals surface area contributed by atoms with E-state index in [2.05, 4.69) is 25.9 Å². The summed E-state index contributed by atoms with van der Waals surface area (Å²) < 4.78 is 19.8. The Morgan fingerprint density at radius 1 is 1.30 bits per heavy atom. The lowest BCUT2D eigenvalue weighted by molar-refractivity contribution is 0.415. The zero-order chi connectivity index (χ0) is 19.4. The van der Waals surface area contributed by atoms with Gasteiger partial charge in [-0.3, -0.25) is 4.79 Å². The quantitative estimate of drug-likeness (QED) is 0.461. The Bertz CT molecular complexity index is 1080. The molecule has 0 atom stereocenters. The summed E-state index contributed by atoms with van der Waals surface area (Å²) in [5.74, 6) is 0.598. The number of methoxy groups -OCH3 is 1. The lowest BCUT2D eigenvalue weighted by atomic mass is 10.1. The molecule has 0 amide bonds. The van der Waals surface area contributed by atoms with Crippen LogP contribution in [-0.4, -0.2) is 17.1 Å². The van der Waals surface area contributed by atoms with Gasteiger partial charge in [0.05, 0.1) is 12.8 Å². The monoisotopic (exact) mass is 445 g/mol. The van der Waals surface area contributed by atoms with Gasteiger partial charge in [0.1, 0.15) is 23.2 Å². The van der Waals surface area contributed by atoms with Gasteiger partial charge in [0, 0.05) is 15.8 Å². The van der Waals surface area contributed by atoms with Crippen molar-refractivity contribution in [1.82, 2.24) is 9.97 Å². The second kappa shape index (κ2) is 8.37. The van der Waals surface area contributed by atoms with Crippen molar-refractivity contribution in [2.24, 2.45) is 0 Å². The van der Waals surface area contributed by atoms with Gasteiger partial charge < -0.3 is 9.72 Å². The zero-order valence-corrected chi connectivity index (χ0v) is 16.5. The van der Waals surface area contributed by atoms with Gasteiger partial charge in [0.2, 0.25) is 0 Å². The summed E-state index contributed by atoms with van der Waals surface area (Å²) in [6, 6.07) is 13.5. The van der Waals surface area contributed by atoms with Crippen molar-refractivity contribution in [2.75, 3.05) is 7.11 Å². The highest BCUT2D eigenvalue weighted by atomic mass is 79.9. The molecule has 3 aromatic rings. The van der Waals surface area contributed by atoms with Crippen molar-refractivity contribution >= 4 is 27.7 Å². The molecule has 0 saturated heterocycles. The third-order valence-corrected chi connectivity index (χ3v) is 5.16. The number of aromatic nitrogens is 2. The van der Waals surface area contributed by atoms with Gasteiger partial charge in [-0.1, -0.05) is 27.7 Å². The SMILES string of the molecule is COc1ccc(-c2nc(SCc3cc(Br)ccc3F)[nH]c(=O)c2C#N)cc1. The van der Waals surface area contributed by atoms with Crippen molar-refractivity contribution in [1.29, 1.82) is 5.26 Å². The number of hydrogen-bond acceptors (Lipinski definition) is 5. The molecule has 136 valence electrons. The largest absolute Gasteiger partial charge is 0.497 e. The average Bonchev–Trinajstić information content (AvgIpc) is 2.68. The molecule has 0 unspecified atom stereocenters. The van der Waals surface area contributed by atoms with Crippen molar-refractivity contribution < 1.29 is 9.13 Å². The molecule has 0 bridgehead atoms. The second-order valence-electron chi connectivity index (χ2n) is 5.46. The number of aromatic amines is 1. The minimum atomic E-state index is -0.532. The number of ether oxygens (including phenoxy) is 1. The first-order valence-electron chi connectivity index (χ1n) is 7.77. The highest BCUT2D eigenvalue weighted by molar-refractivity contribution is 9.10. The van der Waals surface area contributed by atoms with Crippen LogP contribution in [0.4, 0.5) is 4.39 Å². The van der Waals surface area contributed by atoms with Crippen molar-refractivity contribution in [3.05, 3.63) is 74.2 Å². The van der Waals surface area contributed by atoms with Gasteiger partial charge in [-0.25, -0.2) is 9.37 Å². The molecule has 3 rings (SSSR count). The molecule has 0 aliphatic rings. The van der Waals surface area contributed by atoms with E-state index in [1.54, 1.807) is 43.5 Å². The van der Waals surface area contributed by atoms with Crippen molar-refractivity contribution in [3.8, 4) is 23.1 Å². The van der Waals surface area contributed by atoms with Crippen LogP contribution in [0.5, 0.6) is 5.75 Å². The third-order valence-electron chi connectivity index (χ3n) is 3.75. The molecular formula is C19H13BrFN3O2S. The first-order chi connectivity index (χ1) is 13.0. The van der Waals surface area contributed by atoms with Crippen LogP contribution in [0.15, 0.2) is 56.9 Å². The normalized spacial score (nSPS) is 10.4. The molecule has 1 aromatic heterocycles. The summed E-state index contributed by atoms with van der Waals surface area (Å²) in [5.41, 5.74) is 0.774. The summed E-state index contributed by atoms with van der Waals surface area (Å²) in [7, 11) is 1.55. The highest BCUT2D eigenvalue weighted by Gasteiger charge is 2.14. The van der Waals surface area contributed by atoms with Gasteiger partial charge in [-0.2, -0.15) is 5.26 Å². The van der Waals surface area contributed by atoms with E-state index in [-0.39, 0.29) is 22.8 Å². The van der Waals surface area contributed by atoms with Crippen molar-refractivity contribution in [3.63, 3.8) is 0 Å². The summed E-state index contributed by atoms with van der Waals surface area (Å²) >= 11 is 4.50. The standard InChI is InChI=1S/C19H13BrFN3O2S/c1-26-14-5-2-11(3-6-14)17-15(9-22)18(25)24-19(23-17)27-10-12-8-13(20)4-7-16(12)21/h2-8H,10H2,1H3,(H,23,24,25). The van der Waals surface area contributed by atoms with Gasteiger partial charge >= 0.3 is 0 Å². The first-order valence-corrected chi connectivity index (χ1v) is 9.55. The Kier molecular flexibility index (Phi) is 5.94. The molecular weight excluding hydrogens is 433 g/mol. The molecule has 0 fully saturated rings. The van der Waals surface area contributed by atoms with E-state index in [1.807, 2.05) is 6.07 Å². The number of nitrogens with one attached hydrogen (secondary N) is 1. The van der Waals surface area contributed by atoms with Crippen molar-refractivity contribution in [2.45, 2.75) is 10.9 Å². The van der Waals surface area contributed by atoms with Crippen LogP contribution in [0.2, 0.25) is 0 Å². The number of nitriles is 1. The number of halogens is 2. The second-order valence-corrected chi connectivity index (χ2v) is 7.34. The van der Waals surface area contributed by atoms with Gasteiger partial charge in [-0.15, -0.1) is 0 Å². The lowest BCUT2D eigenvalue weighted by Crippen LogP contribution is -2.14. The molecule has 0 saturated carbocycles. The van der Waals surface area contributed by atoms with E-state index >= 15 is 0 Å². The van der Waals surface area contributed by atoms with Gasteiger partial charge in [0.25, 0.3) is 5.56 Å². The third kappa shape index (κ3) is 4.38. The number of rotatable bonds is 5. The van der Waals surface area contributed by atoms with Crippen LogP contribution in [0.25, 0.3) is 11.3 Å². The predicted molar refractivity (Wildman–Crippen MR) is 105 cm³/mol. The number of nitrogens with zero attached hydrogens (tertiary/aromatic N) is 2. The molecule has 27 heavy (non-hydrogen) atoms. The van der Waals surface area contributed by atoms with Crippen LogP contribution in [0.1, 0.15) is 11.1 Å². The molecule has 1 heterocycles. The maximum atomic E-state index is 13.9. The number of H-pyrrole nitrogens is 1. The number of hydrogen-bond donors (Lipinski definition) is 1. The Morgan fingerprint density at radius 3 is 2.70 bits per heavy atom. The fourth-order valence-electron chi connectivity index (χ4n) is 2.38. The van der Waals surface area contributed by atoms with Gasteiger partial charge in [-0.05, 0) is 48.0 Å². The Hall–Kier alpha value is -2.63. The summed E-state index contributed by atoms with van der Waals surface area (Å²) in [4.78, 5) is 19.3. The smallest absolute Gasteiger partial charge is 0.270 e. The van der Waals surface area contributed by atoms with Crippen LogP contribution in [-0.2, 0) is 5.75 Å². The van der Waals surface area contributed by atoms with E-state index in [1.165, 1.54) is 17.8 Å². The summed E-state index contributed by atoms with van der Waals surface area (Å²) in [5, 5.41) is 9.64. The molecule has 0 aliphatic heterocycles. The topological polar surface area (TPSA) is 78.8 Å². The van der Waals surface area contributed by atoms with E-state index in [0.29, 0.717) is 22.0 Å². The number of thioether (sulfide) groups is 1. The van der Waals surface area contributed by atoms with Crippen LogP contribution in [0, 0.1) is 17.1 Å².